The fraction of sp³-hybridized carbons (Fsp3) is 0.524. The van der Waals surface area contributed by atoms with E-state index in [0.29, 0.717) is 13.0 Å². The summed E-state index contributed by atoms with van der Waals surface area (Å²) in [6.45, 7) is 3.81. The maximum Gasteiger partial charge on any atom is 0.264 e. The molecule has 2 aromatic rings. The van der Waals surface area contributed by atoms with Crippen molar-refractivity contribution in [2.45, 2.75) is 57.1 Å². The van der Waals surface area contributed by atoms with Gasteiger partial charge < -0.3 is 4.74 Å². The van der Waals surface area contributed by atoms with Gasteiger partial charge in [-0.3, -0.25) is 9.48 Å². The Morgan fingerprint density at radius 1 is 1.30 bits per heavy atom. The van der Waals surface area contributed by atoms with E-state index >= 15 is 0 Å². The molecule has 2 heterocycles. The summed E-state index contributed by atoms with van der Waals surface area (Å²) in [6.07, 6.45) is 5.64. The minimum Gasteiger partial charge on any atom is -0.350 e. The first-order valence-corrected chi connectivity index (χ1v) is 11.9. The molecule has 1 aromatic heterocycles. The number of nitrogens with zero attached hydrogens (tertiary/aromatic N) is 2. The SMILES string of the molecule is CCS(=O)(=O)C(C)(CCn1cc(-c2ccccc2)cn1)C(=O)NOC1CCCCO1. The first-order chi connectivity index (χ1) is 14.4. The Labute approximate surface area is 177 Å². The van der Waals surface area contributed by atoms with Crippen LogP contribution in [-0.4, -0.2) is 47.5 Å². The zero-order chi connectivity index (χ0) is 21.6. The number of amides is 1. The molecule has 9 heteroatoms. The van der Waals surface area contributed by atoms with Crippen molar-refractivity contribution < 1.29 is 22.8 Å². The molecule has 1 amide bonds. The molecular formula is C21H29N3O5S. The van der Waals surface area contributed by atoms with Crippen LogP contribution in [0.4, 0.5) is 0 Å². The van der Waals surface area contributed by atoms with E-state index < -0.39 is 26.8 Å². The summed E-state index contributed by atoms with van der Waals surface area (Å²) in [4.78, 5) is 18.2. The first kappa shape index (κ1) is 22.5. The standard InChI is InChI=1S/C21H29N3O5S/c1-3-30(26,27)21(2,20(25)23-29-19-11-7-8-14-28-19)12-13-24-16-18(15-22-24)17-9-5-4-6-10-17/h4-6,9-10,15-16,19H,3,7-8,11-14H2,1-2H3,(H,23,25). The largest absolute Gasteiger partial charge is 0.350 e. The summed E-state index contributed by atoms with van der Waals surface area (Å²) in [5, 5.41) is 4.32. The van der Waals surface area contributed by atoms with E-state index in [0.717, 1.165) is 24.0 Å². The fourth-order valence-corrected chi connectivity index (χ4v) is 4.72. The number of hydroxylamine groups is 1. The van der Waals surface area contributed by atoms with Crippen molar-refractivity contribution in [1.29, 1.82) is 0 Å². The zero-order valence-electron chi connectivity index (χ0n) is 17.4. The molecule has 0 spiro atoms. The number of aromatic nitrogens is 2. The number of hydrogen-bond donors (Lipinski definition) is 1. The summed E-state index contributed by atoms with van der Waals surface area (Å²) in [6, 6.07) is 9.78. The van der Waals surface area contributed by atoms with Gasteiger partial charge >= 0.3 is 0 Å². The van der Waals surface area contributed by atoms with E-state index in [2.05, 4.69) is 10.6 Å². The second kappa shape index (κ2) is 9.72. The van der Waals surface area contributed by atoms with Crippen molar-refractivity contribution in [3.8, 4) is 11.1 Å². The molecule has 0 radical (unpaired) electrons. The topological polar surface area (TPSA) is 99.5 Å². The molecule has 1 aliphatic rings. The van der Waals surface area contributed by atoms with Crippen LogP contribution in [0.2, 0.25) is 0 Å². The van der Waals surface area contributed by atoms with Gasteiger partial charge in [-0.15, -0.1) is 0 Å². The van der Waals surface area contributed by atoms with Gasteiger partial charge in [0, 0.05) is 37.1 Å². The fourth-order valence-electron chi connectivity index (χ4n) is 3.35. The highest BCUT2D eigenvalue weighted by molar-refractivity contribution is 7.93. The molecule has 1 aliphatic heterocycles. The predicted octanol–water partition coefficient (Wildman–Crippen LogP) is 2.71. The number of carbonyl (C=O) groups is 1. The van der Waals surface area contributed by atoms with Crippen molar-refractivity contribution in [3.63, 3.8) is 0 Å². The number of ether oxygens (including phenoxy) is 1. The molecule has 0 saturated carbocycles. The molecule has 8 nitrogen and oxygen atoms in total. The van der Waals surface area contributed by atoms with Gasteiger partial charge in [0.1, 0.15) is 0 Å². The van der Waals surface area contributed by atoms with Gasteiger partial charge in [-0.05, 0) is 31.7 Å². The average molecular weight is 436 g/mol. The minimum atomic E-state index is -3.70. The van der Waals surface area contributed by atoms with E-state index in [1.165, 1.54) is 13.8 Å². The van der Waals surface area contributed by atoms with E-state index in [9.17, 15) is 13.2 Å². The molecule has 0 aliphatic carbocycles. The highest BCUT2D eigenvalue weighted by Crippen LogP contribution is 2.25. The predicted molar refractivity (Wildman–Crippen MR) is 113 cm³/mol. The lowest BCUT2D eigenvalue weighted by molar-refractivity contribution is -0.201. The third kappa shape index (κ3) is 5.08. The molecule has 3 rings (SSSR count). The van der Waals surface area contributed by atoms with E-state index in [-0.39, 0.29) is 18.7 Å². The van der Waals surface area contributed by atoms with Gasteiger partial charge in [0.25, 0.3) is 5.91 Å². The number of sulfone groups is 1. The molecule has 0 bridgehead atoms. The molecule has 1 fully saturated rings. The lowest BCUT2D eigenvalue weighted by atomic mass is 10.1. The van der Waals surface area contributed by atoms with E-state index in [1.807, 2.05) is 36.5 Å². The Morgan fingerprint density at radius 3 is 2.73 bits per heavy atom. The van der Waals surface area contributed by atoms with Crippen LogP contribution < -0.4 is 5.48 Å². The van der Waals surface area contributed by atoms with Crippen molar-refractivity contribution >= 4 is 15.7 Å². The molecule has 164 valence electrons. The maximum absolute atomic E-state index is 12.9. The molecule has 2 atom stereocenters. The highest BCUT2D eigenvalue weighted by atomic mass is 32.2. The Balaban J connectivity index is 1.69. The number of rotatable bonds is 9. The van der Waals surface area contributed by atoms with Crippen LogP contribution in [0, 0.1) is 0 Å². The molecule has 1 saturated heterocycles. The Hall–Kier alpha value is -2.23. The number of nitrogens with one attached hydrogen (secondary N) is 1. The lowest BCUT2D eigenvalue weighted by Crippen LogP contribution is -2.52. The number of aryl methyl sites for hydroxylation is 1. The lowest BCUT2D eigenvalue weighted by Gasteiger charge is -2.29. The number of benzene rings is 1. The summed E-state index contributed by atoms with van der Waals surface area (Å²) in [5.41, 5.74) is 4.28. The average Bonchev–Trinajstić information content (AvgIpc) is 3.26. The minimum absolute atomic E-state index is 0.0692. The van der Waals surface area contributed by atoms with Crippen LogP contribution in [0.25, 0.3) is 11.1 Å². The van der Waals surface area contributed by atoms with Gasteiger partial charge in [0.05, 0.1) is 6.20 Å². The van der Waals surface area contributed by atoms with Gasteiger partial charge in [-0.2, -0.15) is 5.10 Å². The van der Waals surface area contributed by atoms with Gasteiger partial charge in [-0.1, -0.05) is 37.3 Å². The number of hydrogen-bond acceptors (Lipinski definition) is 6. The quantitative estimate of drug-likeness (QED) is 0.608. The molecular weight excluding hydrogens is 406 g/mol. The summed E-state index contributed by atoms with van der Waals surface area (Å²) in [7, 11) is -3.70. The van der Waals surface area contributed by atoms with Crippen molar-refractivity contribution in [3.05, 3.63) is 42.7 Å². The smallest absolute Gasteiger partial charge is 0.264 e. The summed E-state index contributed by atoms with van der Waals surface area (Å²) < 4.78 is 31.0. The van der Waals surface area contributed by atoms with Crippen molar-refractivity contribution in [2.75, 3.05) is 12.4 Å². The van der Waals surface area contributed by atoms with Crippen LogP contribution in [0.1, 0.15) is 39.5 Å². The third-order valence-electron chi connectivity index (χ3n) is 5.53. The van der Waals surface area contributed by atoms with Crippen LogP contribution in [0.3, 0.4) is 0 Å². The highest BCUT2D eigenvalue weighted by Gasteiger charge is 2.45. The van der Waals surface area contributed by atoms with E-state index in [1.54, 1.807) is 10.9 Å². The Kier molecular flexibility index (Phi) is 7.27. The van der Waals surface area contributed by atoms with E-state index in [4.69, 9.17) is 9.57 Å². The normalized spacial score (nSPS) is 19.2. The molecule has 1 N–H and O–H groups in total. The molecule has 2 unspecified atom stereocenters. The Morgan fingerprint density at radius 2 is 2.07 bits per heavy atom. The van der Waals surface area contributed by atoms with Crippen LogP contribution in [0.5, 0.6) is 0 Å². The van der Waals surface area contributed by atoms with Crippen LogP contribution >= 0.6 is 0 Å². The number of carbonyl (C=O) groups excluding carboxylic acids is 1. The van der Waals surface area contributed by atoms with Crippen molar-refractivity contribution in [2.24, 2.45) is 0 Å². The monoisotopic (exact) mass is 435 g/mol. The zero-order valence-corrected chi connectivity index (χ0v) is 18.2. The maximum atomic E-state index is 12.9. The second-order valence-corrected chi connectivity index (χ2v) is 10.3. The van der Waals surface area contributed by atoms with Gasteiger partial charge in [0.15, 0.2) is 20.9 Å². The second-order valence-electron chi connectivity index (χ2n) is 7.59. The van der Waals surface area contributed by atoms with Gasteiger partial charge in [0.2, 0.25) is 0 Å². The van der Waals surface area contributed by atoms with Gasteiger partial charge in [-0.25, -0.2) is 18.7 Å². The van der Waals surface area contributed by atoms with Crippen LogP contribution in [-0.2, 0) is 30.8 Å². The Bertz CT molecular complexity index is 939. The summed E-state index contributed by atoms with van der Waals surface area (Å²) >= 11 is 0. The summed E-state index contributed by atoms with van der Waals surface area (Å²) in [5.74, 6) is -0.834. The first-order valence-electron chi connectivity index (χ1n) is 10.2. The van der Waals surface area contributed by atoms with Crippen LogP contribution in [0.15, 0.2) is 42.7 Å². The third-order valence-corrected chi connectivity index (χ3v) is 8.05. The van der Waals surface area contributed by atoms with Crippen molar-refractivity contribution in [1.82, 2.24) is 15.3 Å². The molecule has 30 heavy (non-hydrogen) atoms. The molecule has 1 aromatic carbocycles.